The highest BCUT2D eigenvalue weighted by molar-refractivity contribution is 6.19. The molecule has 210 valence electrons. The normalized spacial score (nSPS) is 12.0. The van der Waals surface area contributed by atoms with Crippen molar-refractivity contribution in [1.29, 1.82) is 0 Å². The highest BCUT2D eigenvalue weighted by atomic mass is 16.3. The zero-order valence-electron chi connectivity index (χ0n) is 24.3. The van der Waals surface area contributed by atoms with E-state index in [4.69, 9.17) is 4.42 Å². The summed E-state index contributed by atoms with van der Waals surface area (Å²) in [5.41, 5.74) is 11.3. The first-order valence-electron chi connectivity index (χ1n) is 15.4. The SMILES string of the molecule is c1ccc(-c2cccc(-n3c4ccccc4c4cc5c(cc43)c3ccccc3n5-c3ccc4oc5ccccc5c4c3)c2)cc1. The van der Waals surface area contributed by atoms with Crippen molar-refractivity contribution in [1.82, 2.24) is 9.13 Å². The number of hydrogen-bond acceptors (Lipinski definition) is 1. The zero-order valence-corrected chi connectivity index (χ0v) is 24.3. The number of fused-ring (bicyclic) bond motifs is 9. The number of para-hydroxylation sites is 3. The molecule has 0 radical (unpaired) electrons. The Morgan fingerprint density at radius 1 is 0.311 bits per heavy atom. The molecule has 0 unspecified atom stereocenters. The third-order valence-corrected chi connectivity index (χ3v) is 9.30. The Labute approximate surface area is 258 Å². The lowest BCUT2D eigenvalue weighted by Crippen LogP contribution is -1.95. The number of rotatable bonds is 3. The van der Waals surface area contributed by atoms with Crippen LogP contribution in [0.3, 0.4) is 0 Å². The minimum atomic E-state index is 0.906. The predicted molar refractivity (Wildman–Crippen MR) is 188 cm³/mol. The maximum absolute atomic E-state index is 6.17. The number of benzene rings is 7. The molecular weight excluding hydrogens is 548 g/mol. The molecular formula is C42H26N2O. The molecule has 0 atom stereocenters. The minimum absolute atomic E-state index is 0.906. The van der Waals surface area contributed by atoms with E-state index < -0.39 is 0 Å². The summed E-state index contributed by atoms with van der Waals surface area (Å²) >= 11 is 0. The lowest BCUT2D eigenvalue weighted by molar-refractivity contribution is 0.669. The first-order chi connectivity index (χ1) is 22.3. The molecule has 0 N–H and O–H groups in total. The Bertz CT molecular complexity index is 2760. The summed E-state index contributed by atoms with van der Waals surface area (Å²) in [5, 5.41) is 7.22. The van der Waals surface area contributed by atoms with Crippen molar-refractivity contribution in [3.63, 3.8) is 0 Å². The van der Waals surface area contributed by atoms with Crippen LogP contribution in [0.25, 0.3) is 88.1 Å². The van der Waals surface area contributed by atoms with E-state index in [0.29, 0.717) is 0 Å². The van der Waals surface area contributed by atoms with Gasteiger partial charge in [-0.1, -0.05) is 97.1 Å². The highest BCUT2D eigenvalue weighted by Crippen LogP contribution is 2.41. The van der Waals surface area contributed by atoms with Gasteiger partial charge in [-0.3, -0.25) is 0 Å². The first-order valence-corrected chi connectivity index (χ1v) is 15.4. The predicted octanol–water partition coefficient (Wildman–Crippen LogP) is 11.4. The second-order valence-corrected chi connectivity index (χ2v) is 11.8. The van der Waals surface area contributed by atoms with Gasteiger partial charge in [0.1, 0.15) is 11.2 Å². The van der Waals surface area contributed by atoms with Crippen LogP contribution in [0, 0.1) is 0 Å². The molecule has 7 aromatic carbocycles. The van der Waals surface area contributed by atoms with Crippen molar-refractivity contribution >= 4 is 65.6 Å². The fourth-order valence-corrected chi connectivity index (χ4v) is 7.30. The molecule has 0 saturated carbocycles. The van der Waals surface area contributed by atoms with Crippen molar-refractivity contribution in [3.8, 4) is 22.5 Å². The van der Waals surface area contributed by atoms with Crippen LogP contribution < -0.4 is 0 Å². The summed E-state index contributed by atoms with van der Waals surface area (Å²) in [5.74, 6) is 0. The molecule has 0 aliphatic heterocycles. The molecule has 0 spiro atoms. The average molecular weight is 575 g/mol. The molecule has 10 rings (SSSR count). The number of furan rings is 1. The summed E-state index contributed by atoms with van der Waals surface area (Å²) in [6.07, 6.45) is 0. The quantitative estimate of drug-likeness (QED) is 0.206. The largest absolute Gasteiger partial charge is 0.456 e. The summed E-state index contributed by atoms with van der Waals surface area (Å²) < 4.78 is 11.0. The molecule has 3 heteroatoms. The van der Waals surface area contributed by atoms with Gasteiger partial charge in [0.05, 0.1) is 22.1 Å². The molecule has 3 aromatic heterocycles. The molecule has 0 saturated heterocycles. The van der Waals surface area contributed by atoms with Gasteiger partial charge in [-0.25, -0.2) is 0 Å². The van der Waals surface area contributed by atoms with Gasteiger partial charge in [0, 0.05) is 43.7 Å². The van der Waals surface area contributed by atoms with Crippen molar-refractivity contribution < 1.29 is 4.42 Å². The molecule has 0 amide bonds. The third-order valence-electron chi connectivity index (χ3n) is 9.30. The van der Waals surface area contributed by atoms with E-state index in [1.807, 2.05) is 12.1 Å². The summed E-state index contributed by atoms with van der Waals surface area (Å²) in [6, 6.07) is 56.6. The maximum atomic E-state index is 6.17. The number of hydrogen-bond donors (Lipinski definition) is 0. The zero-order chi connectivity index (χ0) is 29.5. The van der Waals surface area contributed by atoms with Crippen LogP contribution in [0.4, 0.5) is 0 Å². The molecule has 10 aromatic rings. The Balaban J connectivity index is 1.28. The van der Waals surface area contributed by atoms with Gasteiger partial charge in [-0.2, -0.15) is 0 Å². The van der Waals surface area contributed by atoms with Crippen LogP contribution in [0.2, 0.25) is 0 Å². The Morgan fingerprint density at radius 3 is 1.58 bits per heavy atom. The third kappa shape index (κ3) is 3.52. The molecule has 0 bridgehead atoms. The lowest BCUT2D eigenvalue weighted by atomic mass is 10.1. The van der Waals surface area contributed by atoms with Gasteiger partial charge >= 0.3 is 0 Å². The van der Waals surface area contributed by atoms with Crippen LogP contribution in [-0.2, 0) is 0 Å². The van der Waals surface area contributed by atoms with E-state index in [-0.39, 0.29) is 0 Å². The Hall–Kier alpha value is -6.06. The van der Waals surface area contributed by atoms with Gasteiger partial charge < -0.3 is 13.6 Å². The van der Waals surface area contributed by atoms with E-state index in [2.05, 4.69) is 155 Å². The van der Waals surface area contributed by atoms with Crippen LogP contribution >= 0.6 is 0 Å². The molecule has 3 heterocycles. The van der Waals surface area contributed by atoms with Crippen LogP contribution in [0.15, 0.2) is 162 Å². The van der Waals surface area contributed by atoms with Crippen LogP contribution in [-0.4, -0.2) is 9.13 Å². The van der Waals surface area contributed by atoms with Crippen molar-refractivity contribution in [2.45, 2.75) is 0 Å². The lowest BCUT2D eigenvalue weighted by Gasteiger charge is -2.11. The Kier molecular flexibility index (Phi) is 5.00. The number of aromatic nitrogens is 2. The summed E-state index contributed by atoms with van der Waals surface area (Å²) in [6.45, 7) is 0. The van der Waals surface area contributed by atoms with Crippen molar-refractivity contribution in [3.05, 3.63) is 158 Å². The topological polar surface area (TPSA) is 23.0 Å². The molecule has 3 nitrogen and oxygen atoms in total. The standard InChI is InChI=1S/C42H26N2O/c1-2-11-27(12-3-1)28-13-10-14-29(23-28)43-37-18-7-4-15-31(37)34-26-40-35(25-39(34)43)32-16-5-8-19-38(32)44(40)30-21-22-42-36(24-30)33-17-6-9-20-41(33)45-42/h1-26H. The highest BCUT2D eigenvalue weighted by Gasteiger charge is 2.19. The van der Waals surface area contributed by atoms with E-state index in [1.54, 1.807) is 0 Å². The summed E-state index contributed by atoms with van der Waals surface area (Å²) in [7, 11) is 0. The van der Waals surface area contributed by atoms with Gasteiger partial charge in [0.25, 0.3) is 0 Å². The van der Waals surface area contributed by atoms with E-state index in [0.717, 1.165) is 33.3 Å². The molecule has 45 heavy (non-hydrogen) atoms. The van der Waals surface area contributed by atoms with Gasteiger partial charge in [-0.15, -0.1) is 0 Å². The van der Waals surface area contributed by atoms with Crippen LogP contribution in [0.1, 0.15) is 0 Å². The van der Waals surface area contributed by atoms with Gasteiger partial charge in [0.2, 0.25) is 0 Å². The first kappa shape index (κ1) is 24.4. The molecule has 0 aliphatic rings. The fourth-order valence-electron chi connectivity index (χ4n) is 7.30. The average Bonchev–Trinajstić information content (AvgIpc) is 3.75. The van der Waals surface area contributed by atoms with Crippen molar-refractivity contribution in [2.24, 2.45) is 0 Å². The maximum Gasteiger partial charge on any atom is 0.135 e. The van der Waals surface area contributed by atoms with Crippen molar-refractivity contribution in [2.75, 3.05) is 0 Å². The minimum Gasteiger partial charge on any atom is -0.456 e. The van der Waals surface area contributed by atoms with Gasteiger partial charge in [-0.05, 0) is 71.8 Å². The summed E-state index contributed by atoms with van der Waals surface area (Å²) in [4.78, 5) is 0. The van der Waals surface area contributed by atoms with E-state index >= 15 is 0 Å². The second-order valence-electron chi connectivity index (χ2n) is 11.8. The smallest absolute Gasteiger partial charge is 0.135 e. The molecule has 0 fully saturated rings. The monoisotopic (exact) mass is 574 g/mol. The Morgan fingerprint density at radius 2 is 0.867 bits per heavy atom. The van der Waals surface area contributed by atoms with E-state index in [1.165, 1.54) is 54.7 Å². The van der Waals surface area contributed by atoms with E-state index in [9.17, 15) is 0 Å². The fraction of sp³-hybridized carbons (Fsp3) is 0. The van der Waals surface area contributed by atoms with Crippen LogP contribution in [0.5, 0.6) is 0 Å². The second kappa shape index (κ2) is 9.22. The molecule has 0 aliphatic carbocycles. The number of nitrogens with zero attached hydrogens (tertiary/aromatic N) is 2. The van der Waals surface area contributed by atoms with Gasteiger partial charge in [0.15, 0.2) is 0 Å².